The number of esters is 2. The van der Waals surface area contributed by atoms with Crippen LogP contribution in [0.3, 0.4) is 0 Å². The number of methoxy groups -OCH3 is 1. The molecule has 2 aliphatic carbocycles. The first-order chi connectivity index (χ1) is 27.1. The maximum absolute atomic E-state index is 13.9. The molecule has 0 bridgehead atoms. The van der Waals surface area contributed by atoms with Crippen molar-refractivity contribution in [1.82, 2.24) is 5.32 Å². The maximum Gasteiger partial charge on any atom is 0.471 e. The molecule has 1 aliphatic heterocycles. The van der Waals surface area contributed by atoms with E-state index in [0.29, 0.717) is 0 Å². The number of fused-ring (bicyclic) bond motifs is 3. The minimum atomic E-state index is -5.43. The fourth-order valence-corrected chi connectivity index (χ4v) is 7.63. The summed E-state index contributed by atoms with van der Waals surface area (Å²) in [5.41, 5.74) is -7.33. The standard InChI is InChI=1S/C37H33F3N2O16/c1-4-36(52)12-19(23-24(27(36)34(50)55-3)31(48)26-25(30(23)47)28(45)21-17(43)9-10-18(44)22(21)29(26)46)57-20-11-16(41-35(51)37(38,39)40)32(13(2)56-20)58-33(49)14-5-7-15(8-6-14)42(53)54/h5-10,13,16,19-20,27,32,43-44,47-48,52H,4,11-12H2,1-3H3,(H,41,51)/t13-,16-,19-,20-,27-,32-,36+/m0/s1. The second kappa shape index (κ2) is 14.9. The van der Waals surface area contributed by atoms with E-state index in [2.05, 4.69) is 0 Å². The lowest BCUT2D eigenvalue weighted by Gasteiger charge is -2.46. The summed E-state index contributed by atoms with van der Waals surface area (Å²) in [6.07, 6.45) is -13.6. The SMILES string of the molecule is CC[C@@]1(O)C[C@H](O[C@H]2C[C@H](NC(=O)C(F)(F)F)[C@@H](OC(=O)c3ccc([N+](=O)[O-])cc3)[C@H](C)O2)c2c(O)c3c(c(O)c2[C@H]1C(=O)OC)C(=O)c1c(O)ccc(O)c1C3=O. The highest BCUT2D eigenvalue weighted by atomic mass is 19.4. The predicted octanol–water partition coefficient (Wildman–Crippen LogP) is 3.46. The first kappa shape index (κ1) is 41.3. The van der Waals surface area contributed by atoms with Crippen molar-refractivity contribution in [2.45, 2.75) is 81.4 Å². The topological polar surface area (TPSA) is 279 Å². The minimum Gasteiger partial charge on any atom is -0.507 e. The fourth-order valence-electron chi connectivity index (χ4n) is 7.63. The number of carbonyl (C=O) groups is 5. The van der Waals surface area contributed by atoms with Crippen LogP contribution in [0.1, 0.15) is 98.5 Å². The molecule has 21 heteroatoms. The highest BCUT2D eigenvalue weighted by Crippen LogP contribution is 2.58. The van der Waals surface area contributed by atoms with Crippen molar-refractivity contribution in [2.24, 2.45) is 0 Å². The van der Waals surface area contributed by atoms with Crippen molar-refractivity contribution in [2.75, 3.05) is 7.11 Å². The monoisotopic (exact) mass is 818 g/mol. The molecule has 0 radical (unpaired) electrons. The number of amides is 1. The van der Waals surface area contributed by atoms with Crippen LogP contribution in [-0.4, -0.2) is 103 Å². The number of halogens is 3. The Labute approximate surface area is 323 Å². The number of nitrogens with one attached hydrogen (secondary N) is 1. The molecule has 7 atom stereocenters. The van der Waals surface area contributed by atoms with Crippen LogP contribution in [0.2, 0.25) is 0 Å². The summed E-state index contributed by atoms with van der Waals surface area (Å²) in [6.45, 7) is 2.66. The number of rotatable bonds is 8. The third kappa shape index (κ3) is 6.89. The minimum absolute atomic E-state index is 0.243. The summed E-state index contributed by atoms with van der Waals surface area (Å²) in [7, 11) is 0.944. The second-order valence-electron chi connectivity index (χ2n) is 13.8. The summed E-state index contributed by atoms with van der Waals surface area (Å²) >= 11 is 0. The van der Waals surface area contributed by atoms with Gasteiger partial charge in [0.2, 0.25) is 11.6 Å². The summed E-state index contributed by atoms with van der Waals surface area (Å²) < 4.78 is 62.9. The molecule has 1 fully saturated rings. The van der Waals surface area contributed by atoms with Gasteiger partial charge in [0.1, 0.15) is 35.0 Å². The predicted molar refractivity (Wildman–Crippen MR) is 184 cm³/mol. The Kier molecular flexibility index (Phi) is 10.6. The van der Waals surface area contributed by atoms with Crippen molar-refractivity contribution in [3.8, 4) is 23.0 Å². The zero-order chi connectivity index (χ0) is 42.8. The number of alkyl halides is 3. The largest absolute Gasteiger partial charge is 0.507 e. The molecule has 58 heavy (non-hydrogen) atoms. The van der Waals surface area contributed by atoms with E-state index in [1.165, 1.54) is 13.8 Å². The van der Waals surface area contributed by atoms with E-state index in [9.17, 15) is 72.8 Å². The molecule has 1 amide bonds. The summed E-state index contributed by atoms with van der Waals surface area (Å²) in [5.74, 6) is -12.9. The number of hydrogen-bond donors (Lipinski definition) is 6. The van der Waals surface area contributed by atoms with E-state index in [1.54, 1.807) is 5.32 Å². The molecule has 3 aromatic rings. The summed E-state index contributed by atoms with van der Waals surface area (Å²) in [4.78, 5) is 76.6. The van der Waals surface area contributed by atoms with Crippen LogP contribution in [0.5, 0.6) is 23.0 Å². The van der Waals surface area contributed by atoms with E-state index in [-0.39, 0.29) is 17.7 Å². The first-order valence-electron chi connectivity index (χ1n) is 17.3. The Bertz CT molecular complexity index is 2260. The van der Waals surface area contributed by atoms with Gasteiger partial charge in [-0.1, -0.05) is 6.92 Å². The van der Waals surface area contributed by atoms with Crippen molar-refractivity contribution < 1.29 is 86.5 Å². The van der Waals surface area contributed by atoms with Crippen molar-refractivity contribution in [3.05, 3.63) is 85.5 Å². The lowest BCUT2D eigenvalue weighted by molar-refractivity contribution is -0.384. The fraction of sp³-hybridized carbons (Fsp3) is 0.378. The lowest BCUT2D eigenvalue weighted by atomic mass is 9.66. The van der Waals surface area contributed by atoms with Crippen LogP contribution in [0.15, 0.2) is 36.4 Å². The van der Waals surface area contributed by atoms with Crippen LogP contribution in [-0.2, 0) is 28.5 Å². The number of ether oxygens (including phenoxy) is 4. The third-order valence-corrected chi connectivity index (χ3v) is 10.4. The van der Waals surface area contributed by atoms with Gasteiger partial charge in [0.05, 0.1) is 63.7 Å². The van der Waals surface area contributed by atoms with E-state index < -0.39 is 152 Å². The Morgan fingerprint density at radius 1 is 0.948 bits per heavy atom. The molecule has 3 aliphatic rings. The number of aliphatic hydroxyl groups is 1. The molecule has 18 nitrogen and oxygen atoms in total. The highest BCUT2D eigenvalue weighted by molar-refractivity contribution is 6.32. The highest BCUT2D eigenvalue weighted by Gasteiger charge is 2.55. The van der Waals surface area contributed by atoms with Crippen LogP contribution < -0.4 is 5.32 Å². The molecule has 0 unspecified atom stereocenters. The van der Waals surface area contributed by atoms with Gasteiger partial charge in [-0.15, -0.1) is 0 Å². The number of benzene rings is 3. The molecule has 0 saturated carbocycles. The smallest absolute Gasteiger partial charge is 0.471 e. The molecular formula is C37H33F3N2O16. The number of non-ortho nitro benzene ring substituents is 1. The number of phenols is 4. The van der Waals surface area contributed by atoms with Gasteiger partial charge in [-0.25, -0.2) is 4.79 Å². The molecular weight excluding hydrogens is 785 g/mol. The maximum atomic E-state index is 13.9. The molecule has 3 aromatic carbocycles. The van der Waals surface area contributed by atoms with E-state index in [4.69, 9.17) is 18.9 Å². The number of nitro groups is 1. The van der Waals surface area contributed by atoms with Gasteiger partial charge in [0.15, 0.2) is 6.29 Å². The van der Waals surface area contributed by atoms with Crippen LogP contribution in [0.4, 0.5) is 18.9 Å². The zero-order valence-corrected chi connectivity index (χ0v) is 30.4. The lowest BCUT2D eigenvalue weighted by Crippen LogP contribution is -2.59. The molecule has 308 valence electrons. The quantitative estimate of drug-likeness (QED) is 0.0643. The summed E-state index contributed by atoms with van der Waals surface area (Å²) in [6, 6.07) is 4.09. The van der Waals surface area contributed by atoms with Gasteiger partial charge >= 0.3 is 24.0 Å². The van der Waals surface area contributed by atoms with E-state index in [1.807, 2.05) is 0 Å². The second-order valence-corrected chi connectivity index (χ2v) is 13.8. The Balaban J connectivity index is 1.43. The Morgan fingerprint density at radius 2 is 1.50 bits per heavy atom. The number of phenolic OH excluding ortho intramolecular Hbond substituents is 4. The first-order valence-corrected chi connectivity index (χ1v) is 17.3. The van der Waals surface area contributed by atoms with Gasteiger partial charge in [-0.2, -0.15) is 13.2 Å². The van der Waals surface area contributed by atoms with Crippen LogP contribution in [0, 0.1) is 10.1 Å². The number of nitrogens with zero attached hydrogens (tertiary/aromatic N) is 1. The van der Waals surface area contributed by atoms with E-state index >= 15 is 0 Å². The van der Waals surface area contributed by atoms with E-state index in [0.717, 1.165) is 43.5 Å². The summed E-state index contributed by atoms with van der Waals surface area (Å²) in [5, 5.41) is 69.4. The Hall–Kier alpha value is -6.32. The molecule has 0 aromatic heterocycles. The van der Waals surface area contributed by atoms with Gasteiger partial charge in [-0.05, 0) is 37.6 Å². The number of ketones is 2. The Morgan fingerprint density at radius 3 is 2.00 bits per heavy atom. The molecule has 6 N–H and O–H groups in total. The van der Waals surface area contributed by atoms with Crippen molar-refractivity contribution in [1.29, 1.82) is 0 Å². The zero-order valence-electron chi connectivity index (χ0n) is 30.4. The third-order valence-electron chi connectivity index (χ3n) is 10.4. The average molecular weight is 819 g/mol. The number of nitro benzene ring substituents is 1. The number of hydrogen-bond acceptors (Lipinski definition) is 16. The molecule has 1 heterocycles. The number of carbonyl (C=O) groups excluding carboxylic acids is 5. The van der Waals surface area contributed by atoms with Crippen molar-refractivity contribution in [3.63, 3.8) is 0 Å². The van der Waals surface area contributed by atoms with Crippen LogP contribution >= 0.6 is 0 Å². The van der Waals surface area contributed by atoms with Crippen LogP contribution in [0.25, 0.3) is 0 Å². The molecule has 0 spiro atoms. The normalized spacial score (nSPS) is 25.2. The molecule has 1 saturated heterocycles. The number of aromatic hydroxyl groups is 4. The van der Waals surface area contributed by atoms with Gasteiger partial charge in [0.25, 0.3) is 5.69 Å². The van der Waals surface area contributed by atoms with Gasteiger partial charge in [0, 0.05) is 36.1 Å². The molecule has 6 rings (SSSR count). The average Bonchev–Trinajstić information content (AvgIpc) is 3.16. The van der Waals surface area contributed by atoms with Gasteiger partial charge < -0.3 is 49.8 Å². The van der Waals surface area contributed by atoms with Crippen molar-refractivity contribution >= 4 is 35.1 Å². The van der Waals surface area contributed by atoms with Gasteiger partial charge in [-0.3, -0.25) is 29.3 Å².